The molecule has 0 radical (unpaired) electrons. The number of hydrogen-bond donors (Lipinski definition) is 1. The maximum atomic E-state index is 10.9. The van der Waals surface area contributed by atoms with E-state index in [0.717, 1.165) is 35.3 Å². The number of carbonyl (C=O) groups is 1. The van der Waals surface area contributed by atoms with E-state index < -0.39 is 5.97 Å². The minimum atomic E-state index is -0.907. The van der Waals surface area contributed by atoms with Gasteiger partial charge < -0.3 is 10.0 Å². The fraction of sp³-hybridized carbons (Fsp3) is 0.353. The maximum absolute atomic E-state index is 10.9. The zero-order valence-corrected chi connectivity index (χ0v) is 14.4. The summed E-state index contributed by atoms with van der Waals surface area (Å²) in [6.07, 6.45) is 0. The summed E-state index contributed by atoms with van der Waals surface area (Å²) >= 11 is 1.56. The summed E-state index contributed by atoms with van der Waals surface area (Å²) in [6, 6.07) is 8.90. The summed E-state index contributed by atoms with van der Waals surface area (Å²) in [6.45, 7) is 8.01. The van der Waals surface area contributed by atoms with Crippen LogP contribution in [-0.4, -0.2) is 34.1 Å². The van der Waals surface area contributed by atoms with Crippen molar-refractivity contribution in [2.24, 2.45) is 0 Å². The number of benzene rings is 1. The van der Waals surface area contributed by atoms with Crippen LogP contribution in [0.3, 0.4) is 0 Å². The van der Waals surface area contributed by atoms with Gasteiger partial charge in [-0.05, 0) is 38.5 Å². The first kappa shape index (κ1) is 17.3. The highest BCUT2D eigenvalue weighted by molar-refractivity contribution is 7.98. The molecule has 2 rings (SSSR count). The van der Waals surface area contributed by atoms with Crippen LogP contribution in [0, 0.1) is 6.92 Å². The largest absolute Gasteiger partial charge is 0.478 e. The lowest BCUT2D eigenvalue weighted by Gasteiger charge is -2.20. The first-order chi connectivity index (χ1) is 11.0. The van der Waals surface area contributed by atoms with Crippen molar-refractivity contribution in [3.8, 4) is 0 Å². The van der Waals surface area contributed by atoms with Gasteiger partial charge in [-0.25, -0.2) is 14.8 Å². The fourth-order valence-electron chi connectivity index (χ4n) is 2.19. The Balaban J connectivity index is 2.09. The summed E-state index contributed by atoms with van der Waals surface area (Å²) in [5, 5.41) is 9.66. The molecule has 2 aromatic rings. The molecule has 0 spiro atoms. The molecule has 0 saturated carbocycles. The second-order valence-corrected chi connectivity index (χ2v) is 6.06. The Morgan fingerprint density at radius 1 is 1.17 bits per heavy atom. The van der Waals surface area contributed by atoms with E-state index >= 15 is 0 Å². The van der Waals surface area contributed by atoms with Gasteiger partial charge in [-0.2, -0.15) is 0 Å². The lowest BCUT2D eigenvalue weighted by Crippen LogP contribution is -2.23. The van der Waals surface area contributed by atoms with Crippen molar-refractivity contribution in [3.63, 3.8) is 0 Å². The molecular weight excluding hydrogens is 310 g/mol. The number of carboxylic acid groups (broad SMARTS) is 1. The van der Waals surface area contributed by atoms with E-state index in [-0.39, 0.29) is 0 Å². The highest BCUT2D eigenvalue weighted by Crippen LogP contribution is 2.23. The summed E-state index contributed by atoms with van der Waals surface area (Å²) in [5.74, 6) is 0.752. The highest BCUT2D eigenvalue weighted by atomic mass is 32.2. The van der Waals surface area contributed by atoms with Crippen molar-refractivity contribution in [2.45, 2.75) is 31.7 Å². The average Bonchev–Trinajstić information content (AvgIpc) is 2.54. The Morgan fingerprint density at radius 3 is 2.39 bits per heavy atom. The number of anilines is 1. The predicted octanol–water partition coefficient (Wildman–Crippen LogP) is 3.62. The number of aromatic nitrogens is 2. The number of thioether (sulfide) groups is 1. The molecular formula is C17H21N3O2S. The molecule has 1 aromatic carbocycles. The molecule has 1 aromatic heterocycles. The number of rotatable bonds is 7. The topological polar surface area (TPSA) is 66.3 Å². The zero-order valence-electron chi connectivity index (χ0n) is 13.6. The molecule has 0 aliphatic carbocycles. The Labute approximate surface area is 140 Å². The van der Waals surface area contributed by atoms with E-state index in [2.05, 4.69) is 28.7 Å². The summed E-state index contributed by atoms with van der Waals surface area (Å²) in [7, 11) is 0. The Hall–Kier alpha value is -2.08. The van der Waals surface area contributed by atoms with Crippen LogP contribution in [0.25, 0.3) is 0 Å². The van der Waals surface area contributed by atoms with E-state index in [1.165, 1.54) is 0 Å². The van der Waals surface area contributed by atoms with Crippen LogP contribution in [0.1, 0.15) is 35.5 Å². The van der Waals surface area contributed by atoms with Gasteiger partial charge in [-0.3, -0.25) is 0 Å². The lowest BCUT2D eigenvalue weighted by atomic mass is 10.1. The average molecular weight is 331 g/mol. The number of nitrogens with zero attached hydrogens (tertiary/aromatic N) is 3. The summed E-state index contributed by atoms with van der Waals surface area (Å²) in [4.78, 5) is 22.1. The fourth-order valence-corrected chi connectivity index (χ4v) is 3.05. The summed E-state index contributed by atoms with van der Waals surface area (Å²) < 4.78 is 0. The van der Waals surface area contributed by atoms with Gasteiger partial charge in [0.25, 0.3) is 0 Å². The van der Waals surface area contributed by atoms with Crippen LogP contribution >= 0.6 is 11.8 Å². The van der Waals surface area contributed by atoms with Crippen LogP contribution < -0.4 is 4.90 Å². The first-order valence-corrected chi connectivity index (χ1v) is 8.57. The van der Waals surface area contributed by atoms with Gasteiger partial charge in [-0.15, -0.1) is 0 Å². The molecule has 0 atom stereocenters. The van der Waals surface area contributed by atoms with Gasteiger partial charge in [0, 0.05) is 30.6 Å². The number of aromatic carboxylic acids is 1. The van der Waals surface area contributed by atoms with E-state index in [0.29, 0.717) is 11.3 Å². The van der Waals surface area contributed by atoms with Crippen LogP contribution in [0.5, 0.6) is 0 Å². The molecule has 0 saturated heterocycles. The molecule has 6 heteroatoms. The van der Waals surface area contributed by atoms with Gasteiger partial charge in [0.1, 0.15) is 5.82 Å². The normalized spacial score (nSPS) is 10.6. The minimum absolute atomic E-state index is 0.300. The third-order valence-corrected chi connectivity index (χ3v) is 4.39. The molecule has 23 heavy (non-hydrogen) atoms. The van der Waals surface area contributed by atoms with Crippen LogP contribution in [0.2, 0.25) is 0 Å². The Kier molecular flexibility index (Phi) is 5.98. The molecule has 0 aliphatic heterocycles. The highest BCUT2D eigenvalue weighted by Gasteiger charge is 2.09. The second-order valence-electron chi connectivity index (χ2n) is 5.11. The SMILES string of the molecule is CCN(CC)c1cc(C)nc(SCc2ccc(C(=O)O)cc2)n1. The number of carboxylic acids is 1. The molecule has 0 amide bonds. The first-order valence-electron chi connectivity index (χ1n) is 7.59. The maximum Gasteiger partial charge on any atom is 0.335 e. The molecule has 122 valence electrons. The van der Waals surface area contributed by atoms with Crippen molar-refractivity contribution in [3.05, 3.63) is 47.2 Å². The van der Waals surface area contributed by atoms with Gasteiger partial charge >= 0.3 is 5.97 Å². The molecule has 0 aliphatic rings. The number of aryl methyl sites for hydroxylation is 1. The third kappa shape index (κ3) is 4.69. The monoisotopic (exact) mass is 331 g/mol. The van der Waals surface area contributed by atoms with Crippen LogP contribution in [0.4, 0.5) is 5.82 Å². The van der Waals surface area contributed by atoms with E-state index in [9.17, 15) is 4.79 Å². The zero-order chi connectivity index (χ0) is 16.8. The lowest BCUT2D eigenvalue weighted by molar-refractivity contribution is 0.0697. The predicted molar refractivity (Wildman–Crippen MR) is 93.3 cm³/mol. The van der Waals surface area contributed by atoms with Gasteiger partial charge in [0.15, 0.2) is 5.16 Å². The third-order valence-electron chi connectivity index (χ3n) is 3.48. The van der Waals surface area contributed by atoms with Gasteiger partial charge in [-0.1, -0.05) is 23.9 Å². The molecule has 0 bridgehead atoms. The van der Waals surface area contributed by atoms with Crippen molar-refractivity contribution in [1.29, 1.82) is 0 Å². The van der Waals surface area contributed by atoms with Crippen molar-refractivity contribution in [2.75, 3.05) is 18.0 Å². The second kappa shape index (κ2) is 7.97. The van der Waals surface area contributed by atoms with Gasteiger partial charge in [0.2, 0.25) is 0 Å². The van der Waals surface area contributed by atoms with Crippen molar-refractivity contribution in [1.82, 2.24) is 9.97 Å². The van der Waals surface area contributed by atoms with E-state index in [4.69, 9.17) is 5.11 Å². The van der Waals surface area contributed by atoms with Crippen molar-refractivity contribution >= 4 is 23.5 Å². The van der Waals surface area contributed by atoms with Gasteiger partial charge in [0.05, 0.1) is 5.56 Å². The Morgan fingerprint density at radius 2 is 1.83 bits per heavy atom. The van der Waals surface area contributed by atoms with Crippen LogP contribution in [0.15, 0.2) is 35.5 Å². The standard InChI is InChI=1S/C17H21N3O2S/c1-4-20(5-2)15-10-12(3)18-17(19-15)23-11-13-6-8-14(9-7-13)16(21)22/h6-10H,4-5,11H2,1-3H3,(H,21,22). The van der Waals surface area contributed by atoms with Crippen LogP contribution in [-0.2, 0) is 5.75 Å². The molecule has 1 N–H and O–H groups in total. The molecule has 0 unspecified atom stereocenters. The molecule has 1 heterocycles. The summed E-state index contributed by atoms with van der Waals surface area (Å²) in [5.41, 5.74) is 2.30. The smallest absolute Gasteiger partial charge is 0.335 e. The quantitative estimate of drug-likeness (QED) is 0.617. The van der Waals surface area contributed by atoms with Crippen molar-refractivity contribution < 1.29 is 9.90 Å². The number of hydrogen-bond acceptors (Lipinski definition) is 5. The Bertz CT molecular complexity index is 670. The van der Waals surface area contributed by atoms with E-state index in [1.807, 2.05) is 25.1 Å². The molecule has 5 nitrogen and oxygen atoms in total. The molecule has 0 fully saturated rings. The minimum Gasteiger partial charge on any atom is -0.478 e. The van der Waals surface area contributed by atoms with E-state index in [1.54, 1.807) is 23.9 Å².